The minimum atomic E-state index is -0.938. The van der Waals surface area contributed by atoms with Gasteiger partial charge in [0, 0.05) is 0 Å². The number of aryl methyl sites for hydroxylation is 1. The Hall–Kier alpha value is -3.40. The molecule has 4 heteroatoms. The summed E-state index contributed by atoms with van der Waals surface area (Å²) in [5.41, 5.74) is 6.08. The quantitative estimate of drug-likeness (QED) is 0.287. The number of ether oxygens (including phenoxy) is 1. The molecule has 4 nitrogen and oxygen atoms in total. The third kappa shape index (κ3) is 6.82. The number of hydrogen-bond donors (Lipinski definition) is 1. The molecule has 0 fully saturated rings. The summed E-state index contributed by atoms with van der Waals surface area (Å²) in [6.07, 6.45) is 4.97. The standard InChI is InChI=1S/C31H36O4/c1-5-8-23-9-18-28(24-10-14-26(15-11-24)30(32)33)29(20-23)25-12-16-27(17-13-25)31(34)35-21(4)19-22(6-2)7-3/h9-18,20-22H,5-8,19H2,1-4H3,(H,32,33)/t21-/m1/s1. The Balaban J connectivity index is 1.87. The van der Waals surface area contributed by atoms with Gasteiger partial charge < -0.3 is 9.84 Å². The van der Waals surface area contributed by atoms with E-state index < -0.39 is 5.97 Å². The molecule has 3 aromatic carbocycles. The Morgan fingerprint density at radius 2 is 1.37 bits per heavy atom. The highest BCUT2D eigenvalue weighted by molar-refractivity contribution is 5.92. The van der Waals surface area contributed by atoms with Gasteiger partial charge in [-0.3, -0.25) is 0 Å². The molecule has 35 heavy (non-hydrogen) atoms. The van der Waals surface area contributed by atoms with Gasteiger partial charge in [-0.2, -0.15) is 0 Å². The summed E-state index contributed by atoms with van der Waals surface area (Å²) >= 11 is 0. The number of carboxylic acid groups (broad SMARTS) is 1. The Morgan fingerprint density at radius 3 is 1.91 bits per heavy atom. The Kier molecular flexibility index (Phi) is 9.25. The van der Waals surface area contributed by atoms with Crippen LogP contribution in [-0.2, 0) is 11.2 Å². The van der Waals surface area contributed by atoms with Crippen molar-refractivity contribution in [2.24, 2.45) is 5.92 Å². The largest absolute Gasteiger partial charge is 0.478 e. The number of benzene rings is 3. The fourth-order valence-electron chi connectivity index (χ4n) is 4.49. The zero-order chi connectivity index (χ0) is 25.4. The van der Waals surface area contributed by atoms with Crippen LogP contribution in [0.4, 0.5) is 0 Å². The molecule has 3 aromatic rings. The molecule has 0 saturated heterocycles. The van der Waals surface area contributed by atoms with Crippen molar-refractivity contribution in [3.8, 4) is 22.3 Å². The topological polar surface area (TPSA) is 63.6 Å². The van der Waals surface area contributed by atoms with Crippen LogP contribution < -0.4 is 0 Å². The van der Waals surface area contributed by atoms with E-state index in [9.17, 15) is 14.7 Å². The number of carbonyl (C=O) groups excluding carboxylic acids is 1. The Bertz CT molecular complexity index is 1130. The van der Waals surface area contributed by atoms with E-state index >= 15 is 0 Å². The lowest BCUT2D eigenvalue weighted by atomic mass is 9.91. The van der Waals surface area contributed by atoms with Gasteiger partial charge in [0.25, 0.3) is 0 Å². The van der Waals surface area contributed by atoms with Crippen molar-refractivity contribution < 1.29 is 19.4 Å². The molecular weight excluding hydrogens is 436 g/mol. The van der Waals surface area contributed by atoms with E-state index in [1.165, 1.54) is 5.56 Å². The molecule has 1 atom stereocenters. The molecule has 0 aliphatic rings. The van der Waals surface area contributed by atoms with Crippen LogP contribution in [-0.4, -0.2) is 23.1 Å². The summed E-state index contributed by atoms with van der Waals surface area (Å²) < 4.78 is 5.70. The first-order valence-corrected chi connectivity index (χ1v) is 12.6. The lowest BCUT2D eigenvalue weighted by Crippen LogP contribution is -2.18. The van der Waals surface area contributed by atoms with Gasteiger partial charge in [0.2, 0.25) is 0 Å². The van der Waals surface area contributed by atoms with Crippen LogP contribution in [0.1, 0.15) is 79.7 Å². The lowest BCUT2D eigenvalue weighted by molar-refractivity contribution is 0.0285. The summed E-state index contributed by atoms with van der Waals surface area (Å²) in [7, 11) is 0. The average Bonchev–Trinajstić information content (AvgIpc) is 2.87. The normalized spacial score (nSPS) is 11.9. The molecule has 0 amide bonds. The molecule has 0 unspecified atom stereocenters. The Morgan fingerprint density at radius 1 is 0.800 bits per heavy atom. The molecule has 0 radical (unpaired) electrons. The number of carboxylic acids is 1. The van der Waals surface area contributed by atoms with E-state index in [1.807, 2.05) is 43.3 Å². The van der Waals surface area contributed by atoms with Crippen molar-refractivity contribution in [3.63, 3.8) is 0 Å². The molecule has 0 aliphatic carbocycles. The number of rotatable bonds is 11. The second-order valence-corrected chi connectivity index (χ2v) is 9.22. The fourth-order valence-corrected chi connectivity index (χ4v) is 4.49. The van der Waals surface area contributed by atoms with Crippen molar-refractivity contribution in [3.05, 3.63) is 83.4 Å². The molecule has 1 N–H and O–H groups in total. The first-order valence-electron chi connectivity index (χ1n) is 12.6. The second-order valence-electron chi connectivity index (χ2n) is 9.22. The summed E-state index contributed by atoms with van der Waals surface area (Å²) in [4.78, 5) is 24.0. The summed E-state index contributed by atoms with van der Waals surface area (Å²) in [5.74, 6) is -0.662. The fraction of sp³-hybridized carbons (Fsp3) is 0.355. The smallest absolute Gasteiger partial charge is 0.338 e. The molecule has 0 aliphatic heterocycles. The predicted molar refractivity (Wildman–Crippen MR) is 142 cm³/mol. The maximum Gasteiger partial charge on any atom is 0.338 e. The van der Waals surface area contributed by atoms with Crippen LogP contribution in [0.5, 0.6) is 0 Å². The molecule has 184 valence electrons. The zero-order valence-electron chi connectivity index (χ0n) is 21.2. The average molecular weight is 473 g/mol. The number of aromatic carboxylic acids is 1. The van der Waals surface area contributed by atoms with Gasteiger partial charge in [-0.1, -0.05) is 82.5 Å². The minimum absolute atomic E-state index is 0.113. The van der Waals surface area contributed by atoms with Crippen LogP contribution in [0.25, 0.3) is 22.3 Å². The number of esters is 1. The van der Waals surface area contributed by atoms with Gasteiger partial charge in [-0.05, 0) is 77.8 Å². The zero-order valence-corrected chi connectivity index (χ0v) is 21.2. The minimum Gasteiger partial charge on any atom is -0.478 e. The van der Waals surface area contributed by atoms with Gasteiger partial charge in [0.05, 0.1) is 17.2 Å². The Labute approximate surface area is 209 Å². The molecule has 0 saturated carbocycles. The predicted octanol–water partition coefficient (Wildman–Crippen LogP) is 8.04. The molecule has 0 bridgehead atoms. The molecule has 0 aromatic heterocycles. The van der Waals surface area contributed by atoms with Crippen LogP contribution in [0.3, 0.4) is 0 Å². The van der Waals surface area contributed by atoms with Crippen molar-refractivity contribution in [2.75, 3.05) is 0 Å². The molecular formula is C31H36O4. The maximum atomic E-state index is 12.7. The van der Waals surface area contributed by atoms with Crippen LogP contribution in [0.2, 0.25) is 0 Å². The van der Waals surface area contributed by atoms with Crippen molar-refractivity contribution >= 4 is 11.9 Å². The van der Waals surface area contributed by atoms with Gasteiger partial charge in [-0.25, -0.2) is 9.59 Å². The third-order valence-corrected chi connectivity index (χ3v) is 6.63. The van der Waals surface area contributed by atoms with E-state index in [2.05, 4.69) is 39.0 Å². The van der Waals surface area contributed by atoms with E-state index in [0.717, 1.165) is 54.4 Å². The maximum absolute atomic E-state index is 12.7. The van der Waals surface area contributed by atoms with Crippen LogP contribution in [0.15, 0.2) is 66.7 Å². The lowest BCUT2D eigenvalue weighted by Gasteiger charge is -2.19. The summed E-state index contributed by atoms with van der Waals surface area (Å²) in [6, 6.07) is 20.9. The second kappa shape index (κ2) is 12.3. The van der Waals surface area contributed by atoms with Gasteiger partial charge in [0.1, 0.15) is 0 Å². The van der Waals surface area contributed by atoms with Crippen molar-refractivity contribution in [1.82, 2.24) is 0 Å². The first-order chi connectivity index (χ1) is 16.9. The van der Waals surface area contributed by atoms with Crippen molar-refractivity contribution in [1.29, 1.82) is 0 Å². The summed E-state index contributed by atoms with van der Waals surface area (Å²) in [6.45, 7) is 8.46. The number of hydrogen-bond acceptors (Lipinski definition) is 3. The van der Waals surface area contributed by atoms with Gasteiger partial charge in [-0.15, -0.1) is 0 Å². The molecule has 3 rings (SSSR count). The van der Waals surface area contributed by atoms with E-state index in [0.29, 0.717) is 11.5 Å². The van der Waals surface area contributed by atoms with Crippen LogP contribution >= 0.6 is 0 Å². The highest BCUT2D eigenvalue weighted by atomic mass is 16.5. The molecule has 0 heterocycles. The van der Waals surface area contributed by atoms with Gasteiger partial charge in [0.15, 0.2) is 0 Å². The highest BCUT2D eigenvalue weighted by Crippen LogP contribution is 2.34. The van der Waals surface area contributed by atoms with Crippen molar-refractivity contribution in [2.45, 2.75) is 65.9 Å². The number of carbonyl (C=O) groups is 2. The SMILES string of the molecule is CCCc1ccc(-c2ccc(C(=O)O)cc2)c(-c2ccc(C(=O)O[C@H](C)CC(CC)CC)cc2)c1. The van der Waals surface area contributed by atoms with E-state index in [1.54, 1.807) is 12.1 Å². The highest BCUT2D eigenvalue weighted by Gasteiger charge is 2.16. The first kappa shape index (κ1) is 26.2. The third-order valence-electron chi connectivity index (χ3n) is 6.63. The summed E-state index contributed by atoms with van der Waals surface area (Å²) in [5, 5.41) is 9.23. The van der Waals surface area contributed by atoms with Crippen LogP contribution in [0, 0.1) is 5.92 Å². The van der Waals surface area contributed by atoms with E-state index in [-0.39, 0.29) is 17.6 Å². The molecule has 0 spiro atoms. The van der Waals surface area contributed by atoms with Gasteiger partial charge >= 0.3 is 11.9 Å². The van der Waals surface area contributed by atoms with E-state index in [4.69, 9.17) is 4.74 Å². The monoisotopic (exact) mass is 472 g/mol.